The Labute approximate surface area is 98.5 Å². The number of aromatic nitrogens is 4. The summed E-state index contributed by atoms with van der Waals surface area (Å²) in [6.07, 6.45) is 4.29. The first-order valence-corrected chi connectivity index (χ1v) is 5.18. The van der Waals surface area contributed by atoms with Gasteiger partial charge in [0, 0.05) is 31.4 Å². The molecule has 17 heavy (non-hydrogen) atoms. The van der Waals surface area contributed by atoms with E-state index in [0.29, 0.717) is 18.2 Å². The summed E-state index contributed by atoms with van der Waals surface area (Å²) in [5.41, 5.74) is 5.54. The van der Waals surface area contributed by atoms with Crippen LogP contribution < -0.4 is 15.8 Å². The number of imidazole rings is 1. The number of nitrogens with two attached hydrogens (primary N) is 1. The lowest BCUT2D eigenvalue weighted by atomic mass is 10.4. The average Bonchev–Trinajstić information content (AvgIpc) is 2.81. The summed E-state index contributed by atoms with van der Waals surface area (Å²) in [7, 11) is 1.54. The highest BCUT2D eigenvalue weighted by Gasteiger charge is 2.02. The SMILES string of the molecule is COc1cc(NCCc2ncc[nH]2)nc(N)n1. The van der Waals surface area contributed by atoms with E-state index in [2.05, 4.69) is 25.3 Å². The number of H-pyrrole nitrogens is 1. The Morgan fingerprint density at radius 3 is 3.06 bits per heavy atom. The van der Waals surface area contributed by atoms with Gasteiger partial charge >= 0.3 is 0 Å². The van der Waals surface area contributed by atoms with E-state index in [-0.39, 0.29) is 5.95 Å². The maximum Gasteiger partial charge on any atom is 0.225 e. The van der Waals surface area contributed by atoms with Crippen LogP contribution >= 0.6 is 0 Å². The lowest BCUT2D eigenvalue weighted by Crippen LogP contribution is -2.09. The van der Waals surface area contributed by atoms with E-state index < -0.39 is 0 Å². The number of nitrogens with zero attached hydrogens (tertiary/aromatic N) is 3. The third-order valence-electron chi connectivity index (χ3n) is 2.15. The smallest absolute Gasteiger partial charge is 0.225 e. The molecule has 0 atom stereocenters. The van der Waals surface area contributed by atoms with Crippen molar-refractivity contribution in [3.63, 3.8) is 0 Å². The minimum absolute atomic E-state index is 0.185. The Morgan fingerprint density at radius 1 is 1.47 bits per heavy atom. The molecule has 0 aliphatic rings. The van der Waals surface area contributed by atoms with Crippen LogP contribution in [0.2, 0.25) is 0 Å². The zero-order valence-electron chi connectivity index (χ0n) is 9.47. The number of hydrogen-bond acceptors (Lipinski definition) is 6. The number of rotatable bonds is 5. The van der Waals surface area contributed by atoms with Crippen LogP contribution in [-0.4, -0.2) is 33.6 Å². The molecule has 4 N–H and O–H groups in total. The molecule has 0 saturated carbocycles. The summed E-state index contributed by atoms with van der Waals surface area (Å²) in [4.78, 5) is 15.1. The summed E-state index contributed by atoms with van der Waals surface area (Å²) >= 11 is 0. The fourth-order valence-corrected chi connectivity index (χ4v) is 1.38. The minimum atomic E-state index is 0.185. The van der Waals surface area contributed by atoms with Gasteiger partial charge in [-0.15, -0.1) is 0 Å². The Kier molecular flexibility index (Phi) is 3.39. The largest absolute Gasteiger partial charge is 0.481 e. The lowest BCUT2D eigenvalue weighted by Gasteiger charge is -2.06. The number of nitrogens with one attached hydrogen (secondary N) is 2. The molecule has 0 radical (unpaired) electrons. The predicted molar refractivity (Wildman–Crippen MR) is 63.8 cm³/mol. The molecule has 2 rings (SSSR count). The zero-order valence-corrected chi connectivity index (χ0v) is 9.47. The van der Waals surface area contributed by atoms with Crippen molar-refractivity contribution in [3.05, 3.63) is 24.3 Å². The maximum atomic E-state index is 5.54. The number of nitrogen functional groups attached to an aromatic ring is 1. The van der Waals surface area contributed by atoms with Gasteiger partial charge in [0.1, 0.15) is 11.6 Å². The Bertz CT molecular complexity index is 470. The second-order valence-electron chi connectivity index (χ2n) is 3.37. The van der Waals surface area contributed by atoms with E-state index in [1.54, 1.807) is 18.5 Å². The van der Waals surface area contributed by atoms with Gasteiger partial charge in [-0.05, 0) is 0 Å². The summed E-state index contributed by atoms with van der Waals surface area (Å²) in [6.45, 7) is 0.702. The molecule has 0 saturated heterocycles. The summed E-state index contributed by atoms with van der Waals surface area (Å²) in [6, 6.07) is 1.69. The molecule has 0 aliphatic heterocycles. The minimum Gasteiger partial charge on any atom is -0.481 e. The summed E-state index contributed by atoms with van der Waals surface area (Å²) in [5.74, 6) is 2.19. The number of anilines is 2. The van der Waals surface area contributed by atoms with E-state index >= 15 is 0 Å². The first-order chi connectivity index (χ1) is 8.28. The van der Waals surface area contributed by atoms with Crippen LogP contribution in [0.4, 0.5) is 11.8 Å². The van der Waals surface area contributed by atoms with Gasteiger partial charge in [0.2, 0.25) is 11.8 Å². The van der Waals surface area contributed by atoms with Crippen molar-refractivity contribution in [3.8, 4) is 5.88 Å². The molecule has 0 bridgehead atoms. The van der Waals surface area contributed by atoms with Crippen LogP contribution in [0.15, 0.2) is 18.5 Å². The molecular formula is C10H14N6O. The zero-order chi connectivity index (χ0) is 12.1. The van der Waals surface area contributed by atoms with Crippen LogP contribution in [-0.2, 0) is 6.42 Å². The molecule has 2 heterocycles. The van der Waals surface area contributed by atoms with Gasteiger partial charge in [0.05, 0.1) is 7.11 Å². The van der Waals surface area contributed by atoms with Crippen molar-refractivity contribution in [2.75, 3.05) is 24.7 Å². The van der Waals surface area contributed by atoms with Crippen molar-refractivity contribution < 1.29 is 4.74 Å². The molecule has 90 valence electrons. The predicted octanol–water partition coefficient (Wildman–Crippen LogP) is 0.445. The fourth-order valence-electron chi connectivity index (χ4n) is 1.38. The van der Waals surface area contributed by atoms with Gasteiger partial charge in [0.15, 0.2) is 0 Å². The van der Waals surface area contributed by atoms with Gasteiger partial charge < -0.3 is 20.8 Å². The highest BCUT2D eigenvalue weighted by Crippen LogP contribution is 2.13. The van der Waals surface area contributed by atoms with Crippen LogP contribution in [0.25, 0.3) is 0 Å². The fraction of sp³-hybridized carbons (Fsp3) is 0.300. The van der Waals surface area contributed by atoms with Crippen molar-refractivity contribution in [1.29, 1.82) is 0 Å². The van der Waals surface area contributed by atoms with Crippen molar-refractivity contribution >= 4 is 11.8 Å². The molecule has 7 heteroatoms. The van der Waals surface area contributed by atoms with Crippen LogP contribution in [0.5, 0.6) is 5.88 Å². The normalized spacial score (nSPS) is 10.2. The molecule has 0 aromatic carbocycles. The maximum absolute atomic E-state index is 5.54. The van der Waals surface area contributed by atoms with E-state index in [9.17, 15) is 0 Å². The Hall–Kier alpha value is -2.31. The molecule has 2 aromatic rings. The molecule has 0 amide bonds. The molecule has 0 fully saturated rings. The van der Waals surface area contributed by atoms with Gasteiger partial charge in [-0.3, -0.25) is 0 Å². The molecule has 0 aliphatic carbocycles. The Morgan fingerprint density at radius 2 is 2.35 bits per heavy atom. The van der Waals surface area contributed by atoms with E-state index in [0.717, 1.165) is 12.2 Å². The number of methoxy groups -OCH3 is 1. The Balaban J connectivity index is 1.92. The molecule has 7 nitrogen and oxygen atoms in total. The van der Waals surface area contributed by atoms with Gasteiger partial charge in [-0.25, -0.2) is 4.98 Å². The monoisotopic (exact) mass is 234 g/mol. The van der Waals surface area contributed by atoms with E-state index in [1.165, 1.54) is 7.11 Å². The quantitative estimate of drug-likeness (QED) is 0.694. The average molecular weight is 234 g/mol. The second-order valence-corrected chi connectivity index (χ2v) is 3.37. The lowest BCUT2D eigenvalue weighted by molar-refractivity contribution is 0.398. The molecule has 0 unspecified atom stereocenters. The van der Waals surface area contributed by atoms with E-state index in [1.807, 2.05) is 0 Å². The van der Waals surface area contributed by atoms with Crippen molar-refractivity contribution in [2.24, 2.45) is 0 Å². The van der Waals surface area contributed by atoms with Crippen LogP contribution in [0.1, 0.15) is 5.82 Å². The first-order valence-electron chi connectivity index (χ1n) is 5.18. The van der Waals surface area contributed by atoms with Crippen molar-refractivity contribution in [1.82, 2.24) is 19.9 Å². The topological polar surface area (TPSA) is 102 Å². The number of aromatic amines is 1. The third-order valence-corrected chi connectivity index (χ3v) is 2.15. The molecular weight excluding hydrogens is 220 g/mol. The second kappa shape index (κ2) is 5.15. The third kappa shape index (κ3) is 3.07. The first kappa shape index (κ1) is 11.2. The summed E-state index contributed by atoms with van der Waals surface area (Å²) < 4.78 is 5.00. The van der Waals surface area contributed by atoms with Gasteiger partial charge in [-0.2, -0.15) is 9.97 Å². The highest BCUT2D eigenvalue weighted by molar-refractivity contribution is 5.42. The van der Waals surface area contributed by atoms with Crippen LogP contribution in [0.3, 0.4) is 0 Å². The van der Waals surface area contributed by atoms with E-state index in [4.69, 9.17) is 10.5 Å². The number of ether oxygens (including phenoxy) is 1. The van der Waals surface area contributed by atoms with Gasteiger partial charge in [-0.1, -0.05) is 0 Å². The number of hydrogen-bond donors (Lipinski definition) is 3. The van der Waals surface area contributed by atoms with Crippen LogP contribution in [0, 0.1) is 0 Å². The summed E-state index contributed by atoms with van der Waals surface area (Å²) in [5, 5.41) is 3.13. The highest BCUT2D eigenvalue weighted by atomic mass is 16.5. The standard InChI is InChI=1S/C10H14N6O/c1-17-9-6-8(15-10(11)16-9)12-3-2-7-13-4-5-14-7/h4-6H,2-3H2,1H3,(H,13,14)(H3,11,12,15,16). The molecule has 0 spiro atoms. The van der Waals surface area contributed by atoms with Gasteiger partial charge in [0.25, 0.3) is 0 Å². The van der Waals surface area contributed by atoms with Crippen molar-refractivity contribution in [2.45, 2.75) is 6.42 Å². The molecule has 2 aromatic heterocycles.